The first-order chi connectivity index (χ1) is 14.8. The minimum Gasteiger partial charge on any atom is -0.372 e. The van der Waals surface area contributed by atoms with Crippen molar-refractivity contribution in [3.05, 3.63) is 58.7 Å². The van der Waals surface area contributed by atoms with Crippen LogP contribution in [0.15, 0.2) is 42.5 Å². The van der Waals surface area contributed by atoms with Crippen molar-refractivity contribution in [3.63, 3.8) is 0 Å². The Kier molecular flexibility index (Phi) is 5.94. The van der Waals surface area contributed by atoms with Gasteiger partial charge in [-0.1, -0.05) is 43.6 Å². The third kappa shape index (κ3) is 4.41. The molecule has 0 bridgehead atoms. The maximum Gasteiger partial charge on any atom is 0.244 e. The molecule has 164 valence electrons. The topological polar surface area (TPSA) is 104 Å². The second kappa shape index (κ2) is 8.51. The number of carbonyl (C=O) groups excluding carboxylic acids is 1. The van der Waals surface area contributed by atoms with Gasteiger partial charge in [-0.25, -0.2) is 8.42 Å². The number of hydrogen-bond donors (Lipinski definition) is 3. The number of fused-ring (bicyclic) bond motifs is 2. The lowest BCUT2D eigenvalue weighted by molar-refractivity contribution is -0.122. The molecular weight excluding hydrogens is 436 g/mol. The van der Waals surface area contributed by atoms with Gasteiger partial charge in [0.15, 0.2) is 9.84 Å². The summed E-state index contributed by atoms with van der Waals surface area (Å²) >= 11 is 6.14. The number of halogens is 1. The zero-order valence-electron chi connectivity index (χ0n) is 17.4. The molecular formula is C22H25ClN4O3S. The van der Waals surface area contributed by atoms with E-state index < -0.39 is 27.0 Å². The minimum atomic E-state index is -3.59. The highest BCUT2D eigenvalue weighted by Gasteiger charge is 2.45. The summed E-state index contributed by atoms with van der Waals surface area (Å²) in [5, 5.41) is 13.5. The van der Waals surface area contributed by atoms with E-state index in [9.17, 15) is 13.2 Å². The third-order valence-corrected chi connectivity index (χ3v) is 7.90. The number of sulfone groups is 1. The van der Waals surface area contributed by atoms with E-state index in [2.05, 4.69) is 20.8 Å². The molecule has 1 aromatic heterocycles. The first-order valence-electron chi connectivity index (χ1n) is 10.2. The van der Waals surface area contributed by atoms with Crippen molar-refractivity contribution < 1.29 is 13.2 Å². The van der Waals surface area contributed by atoms with E-state index in [1.54, 1.807) is 18.2 Å². The molecule has 0 radical (unpaired) electrons. The van der Waals surface area contributed by atoms with Crippen LogP contribution in [0.2, 0.25) is 5.02 Å². The first kappa shape index (κ1) is 21.6. The normalized spacial score (nSPS) is 18.2. The number of benzene rings is 2. The summed E-state index contributed by atoms with van der Waals surface area (Å²) in [4.78, 5) is 13.1. The van der Waals surface area contributed by atoms with Gasteiger partial charge in [0.2, 0.25) is 5.91 Å². The summed E-state index contributed by atoms with van der Waals surface area (Å²) in [7, 11) is -3.59. The standard InChI is InChI=1S/C22H25ClN4O3S/c1-13(2)9-10-31(29,30)21-16-11-14(23)7-8-17(16)25-20(21)22(28)24-12-19-15-5-3-4-6-18(15)26-27-19/h3-8,11,13,20-21,25H,9-10,12H2,1-2H3,(H,24,28)(H,26,27). The molecule has 2 atom stereocenters. The Bertz CT molecular complexity index is 1220. The summed E-state index contributed by atoms with van der Waals surface area (Å²) < 4.78 is 26.5. The minimum absolute atomic E-state index is 0.0107. The second-order valence-corrected chi connectivity index (χ2v) is 10.9. The van der Waals surface area contributed by atoms with Gasteiger partial charge >= 0.3 is 0 Å². The fourth-order valence-corrected chi connectivity index (χ4v) is 6.31. The van der Waals surface area contributed by atoms with Gasteiger partial charge in [-0.15, -0.1) is 0 Å². The van der Waals surface area contributed by atoms with E-state index in [-0.39, 0.29) is 18.2 Å². The summed E-state index contributed by atoms with van der Waals surface area (Å²) in [6.07, 6.45) is 0.530. The van der Waals surface area contributed by atoms with Gasteiger partial charge < -0.3 is 10.6 Å². The van der Waals surface area contributed by atoms with Gasteiger partial charge in [-0.2, -0.15) is 5.10 Å². The van der Waals surface area contributed by atoms with Crippen molar-refractivity contribution in [1.29, 1.82) is 0 Å². The average molecular weight is 461 g/mol. The number of amides is 1. The second-order valence-electron chi connectivity index (χ2n) is 8.26. The first-order valence-corrected chi connectivity index (χ1v) is 12.3. The molecule has 0 spiro atoms. The number of para-hydroxylation sites is 1. The lowest BCUT2D eigenvalue weighted by atomic mass is 10.1. The largest absolute Gasteiger partial charge is 0.372 e. The van der Waals surface area contributed by atoms with Gasteiger partial charge in [-0.05, 0) is 42.2 Å². The van der Waals surface area contributed by atoms with Crippen LogP contribution in [0.5, 0.6) is 0 Å². The average Bonchev–Trinajstić information content (AvgIpc) is 3.32. The van der Waals surface area contributed by atoms with Gasteiger partial charge in [0.25, 0.3) is 0 Å². The predicted molar refractivity (Wildman–Crippen MR) is 123 cm³/mol. The Morgan fingerprint density at radius 2 is 2.00 bits per heavy atom. The fourth-order valence-electron chi connectivity index (χ4n) is 3.89. The summed E-state index contributed by atoms with van der Waals surface area (Å²) in [6, 6.07) is 11.7. The quantitative estimate of drug-likeness (QED) is 0.497. The molecule has 2 heterocycles. The SMILES string of the molecule is CC(C)CCS(=O)(=O)C1c2cc(Cl)ccc2NC1C(=O)NCc1n[nH]c2ccccc12. The smallest absolute Gasteiger partial charge is 0.244 e. The molecule has 1 aliphatic heterocycles. The summed E-state index contributed by atoms with van der Waals surface area (Å²) in [6.45, 7) is 4.15. The van der Waals surface area contributed by atoms with Gasteiger partial charge in [-0.3, -0.25) is 9.89 Å². The van der Waals surface area contributed by atoms with E-state index in [1.165, 1.54) is 0 Å². The zero-order chi connectivity index (χ0) is 22.2. The van der Waals surface area contributed by atoms with Crippen LogP contribution in [0.4, 0.5) is 5.69 Å². The van der Waals surface area contributed by atoms with Crippen LogP contribution in [0.1, 0.15) is 36.8 Å². The number of aromatic nitrogens is 2. The molecule has 0 saturated carbocycles. The molecule has 0 fully saturated rings. The molecule has 1 amide bonds. The van der Waals surface area contributed by atoms with Crippen LogP contribution >= 0.6 is 11.6 Å². The highest BCUT2D eigenvalue weighted by atomic mass is 35.5. The fraction of sp³-hybridized carbons (Fsp3) is 0.364. The van der Waals surface area contributed by atoms with Crippen LogP contribution in [-0.4, -0.2) is 36.3 Å². The van der Waals surface area contributed by atoms with Crippen LogP contribution in [-0.2, 0) is 21.2 Å². The Hall–Kier alpha value is -2.58. The molecule has 2 aromatic carbocycles. The number of aromatic amines is 1. The maximum atomic E-state index is 13.3. The van der Waals surface area contributed by atoms with Crippen molar-refractivity contribution in [3.8, 4) is 0 Å². The molecule has 9 heteroatoms. The number of carbonyl (C=O) groups is 1. The molecule has 2 unspecified atom stereocenters. The van der Waals surface area contributed by atoms with E-state index in [0.717, 1.165) is 10.9 Å². The van der Waals surface area contributed by atoms with Gasteiger partial charge in [0, 0.05) is 16.1 Å². The van der Waals surface area contributed by atoms with Crippen molar-refractivity contribution >= 4 is 43.9 Å². The molecule has 31 heavy (non-hydrogen) atoms. The molecule has 4 rings (SSSR count). The van der Waals surface area contributed by atoms with Crippen molar-refractivity contribution in [2.75, 3.05) is 11.1 Å². The number of anilines is 1. The Morgan fingerprint density at radius 1 is 1.23 bits per heavy atom. The predicted octanol–water partition coefficient (Wildman–Crippen LogP) is 3.83. The Morgan fingerprint density at radius 3 is 2.77 bits per heavy atom. The van der Waals surface area contributed by atoms with Crippen LogP contribution in [0.3, 0.4) is 0 Å². The maximum absolute atomic E-state index is 13.3. The number of nitrogens with one attached hydrogen (secondary N) is 3. The van der Waals surface area contributed by atoms with Crippen LogP contribution in [0.25, 0.3) is 10.9 Å². The molecule has 0 saturated heterocycles. The monoisotopic (exact) mass is 460 g/mol. The highest BCUT2D eigenvalue weighted by molar-refractivity contribution is 7.91. The van der Waals surface area contributed by atoms with E-state index in [0.29, 0.717) is 28.4 Å². The van der Waals surface area contributed by atoms with Crippen molar-refractivity contribution in [1.82, 2.24) is 15.5 Å². The summed E-state index contributed by atoms with van der Waals surface area (Å²) in [5.41, 5.74) is 2.73. The third-order valence-electron chi connectivity index (χ3n) is 5.56. The molecule has 3 aromatic rings. The van der Waals surface area contributed by atoms with E-state index >= 15 is 0 Å². The molecule has 1 aliphatic rings. The van der Waals surface area contributed by atoms with Crippen molar-refractivity contribution in [2.45, 2.75) is 38.1 Å². The van der Waals surface area contributed by atoms with E-state index in [4.69, 9.17) is 11.6 Å². The number of hydrogen-bond acceptors (Lipinski definition) is 5. The zero-order valence-corrected chi connectivity index (χ0v) is 18.9. The molecule has 7 nitrogen and oxygen atoms in total. The number of nitrogens with zero attached hydrogens (tertiary/aromatic N) is 1. The molecule has 3 N–H and O–H groups in total. The molecule has 0 aliphatic carbocycles. The van der Waals surface area contributed by atoms with Crippen LogP contribution < -0.4 is 10.6 Å². The Balaban J connectivity index is 1.58. The van der Waals surface area contributed by atoms with Gasteiger partial charge in [0.05, 0.1) is 23.5 Å². The number of rotatable bonds is 7. The number of H-pyrrole nitrogens is 1. The van der Waals surface area contributed by atoms with E-state index in [1.807, 2.05) is 38.1 Å². The summed E-state index contributed by atoms with van der Waals surface area (Å²) in [5.74, 6) is -0.141. The lowest BCUT2D eigenvalue weighted by Crippen LogP contribution is -2.43. The van der Waals surface area contributed by atoms with Gasteiger partial charge in [0.1, 0.15) is 11.3 Å². The Labute approximate surface area is 186 Å². The van der Waals surface area contributed by atoms with Crippen LogP contribution in [0, 0.1) is 5.92 Å². The highest BCUT2D eigenvalue weighted by Crippen LogP contribution is 2.41. The van der Waals surface area contributed by atoms with Crippen molar-refractivity contribution in [2.24, 2.45) is 5.92 Å². The lowest BCUT2D eigenvalue weighted by Gasteiger charge is -2.21.